The van der Waals surface area contributed by atoms with Crippen molar-refractivity contribution in [3.8, 4) is 0 Å². The molecule has 9 heteroatoms. The van der Waals surface area contributed by atoms with E-state index < -0.39 is 0 Å². The number of carbonyl (C=O) groups is 2. The molecule has 36 heavy (non-hydrogen) atoms. The summed E-state index contributed by atoms with van der Waals surface area (Å²) in [5.41, 5.74) is 2.70. The van der Waals surface area contributed by atoms with E-state index in [2.05, 4.69) is 28.5 Å². The van der Waals surface area contributed by atoms with Crippen LogP contribution in [0.25, 0.3) is 11.0 Å². The number of aryl methyl sites for hydroxylation is 1. The number of nitrogens with zero attached hydrogens (tertiary/aromatic N) is 5. The Bertz CT molecular complexity index is 1270. The Morgan fingerprint density at radius 1 is 0.972 bits per heavy atom. The van der Waals surface area contributed by atoms with Crippen molar-refractivity contribution in [3.63, 3.8) is 0 Å². The lowest BCUT2D eigenvalue weighted by atomic mass is 9.96. The SMILES string of the molecule is CCn1c(CN2CCC[C@H](C(=O)N3CCN(C(=O)c4ccc(Cl)c(Cl)c4)CC3)C2)nc2ccccc21. The highest BCUT2D eigenvalue weighted by Crippen LogP contribution is 2.25. The van der Waals surface area contributed by atoms with Gasteiger partial charge in [0.05, 0.1) is 33.5 Å². The molecular weight excluding hydrogens is 497 g/mol. The Balaban J connectivity index is 1.18. The Kier molecular flexibility index (Phi) is 7.51. The van der Waals surface area contributed by atoms with Crippen LogP contribution in [0.4, 0.5) is 0 Å². The first kappa shape index (κ1) is 25.1. The lowest BCUT2D eigenvalue weighted by Gasteiger charge is -2.39. The molecule has 2 saturated heterocycles. The van der Waals surface area contributed by atoms with E-state index in [0.29, 0.717) is 41.8 Å². The number of benzene rings is 2. The van der Waals surface area contributed by atoms with Crippen molar-refractivity contribution in [2.45, 2.75) is 32.9 Å². The third-order valence-electron chi connectivity index (χ3n) is 7.31. The van der Waals surface area contributed by atoms with Gasteiger partial charge in [-0.05, 0) is 56.6 Å². The van der Waals surface area contributed by atoms with Gasteiger partial charge in [-0.25, -0.2) is 4.98 Å². The van der Waals surface area contributed by atoms with Gasteiger partial charge in [-0.15, -0.1) is 0 Å². The van der Waals surface area contributed by atoms with Crippen LogP contribution in [0, 0.1) is 5.92 Å². The fourth-order valence-corrected chi connectivity index (χ4v) is 5.70. The molecule has 1 atom stereocenters. The number of fused-ring (bicyclic) bond motifs is 1. The van der Waals surface area contributed by atoms with Crippen LogP contribution in [0.3, 0.4) is 0 Å². The van der Waals surface area contributed by atoms with Crippen molar-refractivity contribution in [1.82, 2.24) is 24.3 Å². The summed E-state index contributed by atoms with van der Waals surface area (Å²) < 4.78 is 2.27. The molecule has 0 N–H and O–H groups in total. The van der Waals surface area contributed by atoms with Crippen molar-refractivity contribution in [2.75, 3.05) is 39.3 Å². The largest absolute Gasteiger partial charge is 0.339 e. The molecule has 0 bridgehead atoms. The number of likely N-dealkylation sites (tertiary alicyclic amines) is 1. The number of hydrogen-bond donors (Lipinski definition) is 0. The number of para-hydroxylation sites is 2. The maximum absolute atomic E-state index is 13.4. The maximum atomic E-state index is 13.4. The van der Waals surface area contributed by atoms with E-state index in [1.165, 1.54) is 0 Å². The average molecular weight is 528 g/mol. The lowest BCUT2D eigenvalue weighted by molar-refractivity contribution is -0.139. The number of aromatic nitrogens is 2. The summed E-state index contributed by atoms with van der Waals surface area (Å²) in [6.07, 6.45) is 1.90. The third kappa shape index (κ3) is 5.10. The molecule has 0 spiro atoms. The van der Waals surface area contributed by atoms with Gasteiger partial charge in [-0.2, -0.15) is 0 Å². The number of rotatable bonds is 5. The number of amides is 2. The summed E-state index contributed by atoms with van der Waals surface area (Å²) in [4.78, 5) is 37.2. The summed E-state index contributed by atoms with van der Waals surface area (Å²) in [5.74, 6) is 1.16. The second-order valence-electron chi connectivity index (χ2n) is 9.58. The Morgan fingerprint density at radius 2 is 1.72 bits per heavy atom. The van der Waals surface area contributed by atoms with E-state index in [-0.39, 0.29) is 17.7 Å². The first-order valence-electron chi connectivity index (χ1n) is 12.6. The van der Waals surface area contributed by atoms with Crippen LogP contribution in [0.15, 0.2) is 42.5 Å². The highest BCUT2D eigenvalue weighted by Gasteiger charge is 2.32. The van der Waals surface area contributed by atoms with Crippen molar-refractivity contribution >= 4 is 46.0 Å². The molecule has 3 aromatic rings. The van der Waals surface area contributed by atoms with E-state index in [0.717, 1.165) is 55.9 Å². The standard InChI is InChI=1S/C27H31Cl2N5O2/c1-2-34-24-8-4-3-7-23(24)30-25(34)18-31-11-5-6-20(17-31)27(36)33-14-12-32(13-15-33)26(35)19-9-10-21(28)22(29)16-19/h3-4,7-10,16,20H,2,5-6,11-15,17-18H2,1H3/t20-/m0/s1. The summed E-state index contributed by atoms with van der Waals surface area (Å²) in [6, 6.07) is 13.2. The number of imidazole rings is 1. The molecule has 190 valence electrons. The molecule has 2 aliphatic heterocycles. The number of halogens is 2. The first-order chi connectivity index (χ1) is 17.4. The van der Waals surface area contributed by atoms with Crippen LogP contribution in [0.1, 0.15) is 35.9 Å². The first-order valence-corrected chi connectivity index (χ1v) is 13.4. The predicted octanol–water partition coefficient (Wildman–Crippen LogP) is 4.56. The minimum atomic E-state index is -0.0803. The summed E-state index contributed by atoms with van der Waals surface area (Å²) in [7, 11) is 0. The van der Waals surface area contributed by atoms with E-state index in [1.807, 2.05) is 17.0 Å². The second-order valence-corrected chi connectivity index (χ2v) is 10.4. The normalized spacial score (nSPS) is 19.1. The van der Waals surface area contributed by atoms with Gasteiger partial charge in [-0.3, -0.25) is 14.5 Å². The van der Waals surface area contributed by atoms with Gasteiger partial charge in [0.1, 0.15) is 5.82 Å². The monoisotopic (exact) mass is 527 g/mol. The Hall–Kier alpha value is -2.61. The molecule has 2 aliphatic rings. The Morgan fingerprint density at radius 3 is 2.47 bits per heavy atom. The van der Waals surface area contributed by atoms with Crippen LogP contribution in [0.5, 0.6) is 0 Å². The molecule has 2 fully saturated rings. The molecule has 0 saturated carbocycles. The zero-order valence-electron chi connectivity index (χ0n) is 20.5. The van der Waals surface area contributed by atoms with Gasteiger partial charge in [0.25, 0.3) is 5.91 Å². The third-order valence-corrected chi connectivity index (χ3v) is 8.05. The topological polar surface area (TPSA) is 61.7 Å². The molecule has 0 aliphatic carbocycles. The number of hydrogen-bond acceptors (Lipinski definition) is 4. The van der Waals surface area contributed by atoms with Crippen LogP contribution in [-0.4, -0.2) is 75.3 Å². The smallest absolute Gasteiger partial charge is 0.254 e. The van der Waals surface area contributed by atoms with Crippen molar-refractivity contribution in [3.05, 3.63) is 63.9 Å². The molecule has 1 aromatic heterocycles. The van der Waals surface area contributed by atoms with Crippen molar-refractivity contribution < 1.29 is 9.59 Å². The second kappa shape index (κ2) is 10.8. The van der Waals surface area contributed by atoms with Gasteiger partial charge in [0.15, 0.2) is 0 Å². The molecule has 7 nitrogen and oxygen atoms in total. The van der Waals surface area contributed by atoms with Crippen LogP contribution in [-0.2, 0) is 17.9 Å². The number of piperazine rings is 1. The molecule has 2 aromatic carbocycles. The van der Waals surface area contributed by atoms with Crippen LogP contribution in [0.2, 0.25) is 10.0 Å². The highest BCUT2D eigenvalue weighted by molar-refractivity contribution is 6.42. The minimum Gasteiger partial charge on any atom is -0.339 e. The van der Waals surface area contributed by atoms with Crippen molar-refractivity contribution in [2.24, 2.45) is 5.92 Å². The average Bonchev–Trinajstić information content (AvgIpc) is 3.26. The van der Waals surface area contributed by atoms with E-state index in [4.69, 9.17) is 28.2 Å². The highest BCUT2D eigenvalue weighted by atomic mass is 35.5. The number of piperidine rings is 1. The quantitative estimate of drug-likeness (QED) is 0.487. The van der Waals surface area contributed by atoms with Gasteiger partial charge in [-0.1, -0.05) is 35.3 Å². The van der Waals surface area contributed by atoms with E-state index >= 15 is 0 Å². The van der Waals surface area contributed by atoms with Crippen LogP contribution < -0.4 is 0 Å². The zero-order chi connectivity index (χ0) is 25.2. The van der Waals surface area contributed by atoms with Gasteiger partial charge < -0.3 is 14.4 Å². The predicted molar refractivity (Wildman–Crippen MR) is 142 cm³/mol. The van der Waals surface area contributed by atoms with Crippen LogP contribution >= 0.6 is 23.2 Å². The summed E-state index contributed by atoms with van der Waals surface area (Å²) in [6.45, 7) is 7.62. The summed E-state index contributed by atoms with van der Waals surface area (Å²) >= 11 is 12.1. The van der Waals surface area contributed by atoms with E-state index in [9.17, 15) is 9.59 Å². The fourth-order valence-electron chi connectivity index (χ4n) is 5.40. The number of carbonyl (C=O) groups excluding carboxylic acids is 2. The fraction of sp³-hybridized carbons (Fsp3) is 0.444. The maximum Gasteiger partial charge on any atom is 0.254 e. The summed E-state index contributed by atoms with van der Waals surface area (Å²) in [5, 5.41) is 0.796. The molecular formula is C27H31Cl2N5O2. The molecule has 0 radical (unpaired) electrons. The molecule has 3 heterocycles. The Labute approximate surface area is 221 Å². The van der Waals surface area contributed by atoms with E-state index in [1.54, 1.807) is 23.1 Å². The van der Waals surface area contributed by atoms with Gasteiger partial charge >= 0.3 is 0 Å². The van der Waals surface area contributed by atoms with Gasteiger partial charge in [0.2, 0.25) is 5.91 Å². The zero-order valence-corrected chi connectivity index (χ0v) is 22.0. The van der Waals surface area contributed by atoms with Gasteiger partial charge in [0, 0.05) is 44.8 Å². The molecule has 2 amide bonds. The molecule has 5 rings (SSSR count). The minimum absolute atomic E-state index is 0.0180. The molecule has 0 unspecified atom stereocenters. The lowest BCUT2D eigenvalue weighted by Crippen LogP contribution is -2.53. The van der Waals surface area contributed by atoms with Crippen molar-refractivity contribution in [1.29, 1.82) is 0 Å².